The average Bonchev–Trinajstić information content (AvgIpc) is 2.84. The maximum absolute atomic E-state index is 11.8. The molecule has 0 saturated carbocycles. The second-order valence-corrected chi connectivity index (χ2v) is 5.11. The van der Waals surface area contributed by atoms with Crippen LogP contribution in [0.2, 0.25) is 5.02 Å². The van der Waals surface area contributed by atoms with Crippen LogP contribution in [0.4, 0.5) is 5.82 Å². The third-order valence-corrected chi connectivity index (χ3v) is 3.02. The molecule has 114 valence electrons. The van der Waals surface area contributed by atoms with E-state index in [1.807, 2.05) is 19.1 Å². The van der Waals surface area contributed by atoms with Crippen molar-refractivity contribution in [3.8, 4) is 5.69 Å². The Balaban J connectivity index is 0.00000220. The van der Waals surface area contributed by atoms with E-state index in [2.05, 4.69) is 10.4 Å². The van der Waals surface area contributed by atoms with Gasteiger partial charge in [-0.05, 0) is 31.5 Å². The highest BCUT2D eigenvalue weighted by molar-refractivity contribution is 6.30. The fourth-order valence-electron chi connectivity index (χ4n) is 1.78. The van der Waals surface area contributed by atoms with Crippen molar-refractivity contribution in [2.75, 3.05) is 5.32 Å². The van der Waals surface area contributed by atoms with Crippen LogP contribution in [0.5, 0.6) is 0 Å². The number of anilines is 1. The first-order chi connectivity index (χ1) is 9.56. The van der Waals surface area contributed by atoms with Crippen LogP contribution in [-0.2, 0) is 4.79 Å². The topological polar surface area (TPSA) is 72.9 Å². The van der Waals surface area contributed by atoms with Gasteiger partial charge in [-0.3, -0.25) is 4.79 Å². The molecule has 0 bridgehead atoms. The molecule has 1 heterocycles. The van der Waals surface area contributed by atoms with Crippen molar-refractivity contribution in [1.29, 1.82) is 0 Å². The molecule has 2 aromatic rings. The molecule has 0 aliphatic rings. The summed E-state index contributed by atoms with van der Waals surface area (Å²) in [5, 5.41) is 7.64. The van der Waals surface area contributed by atoms with Gasteiger partial charge in [-0.15, -0.1) is 12.4 Å². The number of halogens is 2. The molecule has 0 fully saturated rings. The summed E-state index contributed by atoms with van der Waals surface area (Å²) in [5.41, 5.74) is 6.44. The lowest BCUT2D eigenvalue weighted by molar-refractivity contribution is -0.116. The zero-order chi connectivity index (χ0) is 14.5. The molecule has 7 heteroatoms. The van der Waals surface area contributed by atoms with Gasteiger partial charge < -0.3 is 11.1 Å². The number of aromatic nitrogens is 2. The Labute approximate surface area is 134 Å². The van der Waals surface area contributed by atoms with E-state index in [1.165, 1.54) is 0 Å². The first-order valence-electron chi connectivity index (χ1n) is 6.41. The molecular weight excluding hydrogens is 311 g/mol. The van der Waals surface area contributed by atoms with Gasteiger partial charge in [-0.2, -0.15) is 5.10 Å². The number of nitrogens with two attached hydrogens (primary N) is 1. The van der Waals surface area contributed by atoms with E-state index in [-0.39, 0.29) is 24.4 Å². The first-order valence-corrected chi connectivity index (χ1v) is 6.79. The van der Waals surface area contributed by atoms with Crippen LogP contribution < -0.4 is 11.1 Å². The average molecular weight is 329 g/mol. The molecular formula is C14H18Cl2N4O. The standard InChI is InChI=1S/C14H17ClN4O.ClH/c1-10(16)5-6-14(20)18-13-7-8-17-19(13)12-4-2-3-11(15)9-12;/h2-4,7-10H,5-6,16H2,1H3,(H,18,20);1H. The zero-order valence-corrected chi connectivity index (χ0v) is 13.2. The lowest BCUT2D eigenvalue weighted by atomic mass is 10.2. The summed E-state index contributed by atoms with van der Waals surface area (Å²) in [6.45, 7) is 1.88. The summed E-state index contributed by atoms with van der Waals surface area (Å²) in [4.78, 5) is 11.8. The number of rotatable bonds is 5. The molecule has 5 nitrogen and oxygen atoms in total. The number of benzene rings is 1. The second kappa shape index (κ2) is 8.02. The lowest BCUT2D eigenvalue weighted by Gasteiger charge is -2.10. The molecule has 0 aliphatic heterocycles. The van der Waals surface area contributed by atoms with Crippen molar-refractivity contribution >= 4 is 35.7 Å². The summed E-state index contributed by atoms with van der Waals surface area (Å²) in [7, 11) is 0. The van der Waals surface area contributed by atoms with Crippen molar-refractivity contribution in [2.45, 2.75) is 25.8 Å². The lowest BCUT2D eigenvalue weighted by Crippen LogP contribution is -2.20. The van der Waals surface area contributed by atoms with Crippen molar-refractivity contribution in [3.05, 3.63) is 41.6 Å². The Bertz CT molecular complexity index is 598. The summed E-state index contributed by atoms with van der Waals surface area (Å²) >= 11 is 5.96. The Morgan fingerprint density at radius 3 is 2.90 bits per heavy atom. The van der Waals surface area contributed by atoms with Gasteiger partial charge in [0, 0.05) is 23.6 Å². The Kier molecular flexibility index (Phi) is 6.68. The number of nitrogens with zero attached hydrogens (tertiary/aromatic N) is 2. The minimum atomic E-state index is -0.0777. The van der Waals surface area contributed by atoms with Crippen molar-refractivity contribution in [3.63, 3.8) is 0 Å². The molecule has 1 amide bonds. The predicted octanol–water partition coefficient (Wildman–Crippen LogP) is 3.01. The molecule has 0 spiro atoms. The molecule has 2 rings (SSSR count). The van der Waals surface area contributed by atoms with Gasteiger partial charge in [0.15, 0.2) is 0 Å². The minimum Gasteiger partial charge on any atom is -0.328 e. The quantitative estimate of drug-likeness (QED) is 0.886. The van der Waals surface area contributed by atoms with E-state index in [1.54, 1.807) is 29.1 Å². The monoisotopic (exact) mass is 328 g/mol. The van der Waals surface area contributed by atoms with E-state index in [9.17, 15) is 4.79 Å². The van der Waals surface area contributed by atoms with Crippen LogP contribution in [-0.4, -0.2) is 21.7 Å². The molecule has 1 unspecified atom stereocenters. The molecule has 1 aromatic carbocycles. The van der Waals surface area contributed by atoms with E-state index < -0.39 is 0 Å². The summed E-state index contributed by atoms with van der Waals surface area (Å²) in [6, 6.07) is 9.03. The Morgan fingerprint density at radius 2 is 2.24 bits per heavy atom. The van der Waals surface area contributed by atoms with Crippen LogP contribution in [0.25, 0.3) is 5.69 Å². The predicted molar refractivity (Wildman–Crippen MR) is 87.3 cm³/mol. The summed E-state index contributed by atoms with van der Waals surface area (Å²) in [5.74, 6) is 0.535. The van der Waals surface area contributed by atoms with E-state index in [4.69, 9.17) is 17.3 Å². The van der Waals surface area contributed by atoms with Crippen LogP contribution in [0.3, 0.4) is 0 Å². The van der Waals surface area contributed by atoms with Crippen LogP contribution in [0, 0.1) is 0 Å². The largest absolute Gasteiger partial charge is 0.328 e. The van der Waals surface area contributed by atoms with Crippen molar-refractivity contribution < 1.29 is 4.79 Å². The maximum atomic E-state index is 11.8. The minimum absolute atomic E-state index is 0. The van der Waals surface area contributed by atoms with Gasteiger partial charge in [0.1, 0.15) is 5.82 Å². The molecule has 0 radical (unpaired) electrons. The zero-order valence-electron chi connectivity index (χ0n) is 11.6. The molecule has 1 atom stereocenters. The molecule has 0 saturated heterocycles. The SMILES string of the molecule is CC(N)CCC(=O)Nc1ccnn1-c1cccc(Cl)c1.Cl. The van der Waals surface area contributed by atoms with E-state index >= 15 is 0 Å². The highest BCUT2D eigenvalue weighted by Crippen LogP contribution is 2.18. The highest BCUT2D eigenvalue weighted by Gasteiger charge is 2.09. The normalized spacial score (nSPS) is 11.6. The van der Waals surface area contributed by atoms with E-state index in [0.29, 0.717) is 23.7 Å². The molecule has 3 N–H and O–H groups in total. The second-order valence-electron chi connectivity index (χ2n) is 4.67. The number of nitrogens with one attached hydrogen (secondary N) is 1. The van der Waals surface area contributed by atoms with Gasteiger partial charge in [0.2, 0.25) is 5.91 Å². The Morgan fingerprint density at radius 1 is 1.48 bits per heavy atom. The van der Waals surface area contributed by atoms with Gasteiger partial charge in [-0.1, -0.05) is 17.7 Å². The maximum Gasteiger partial charge on any atom is 0.225 e. The third-order valence-electron chi connectivity index (χ3n) is 2.79. The van der Waals surface area contributed by atoms with Gasteiger partial charge in [0.25, 0.3) is 0 Å². The fraction of sp³-hybridized carbons (Fsp3) is 0.286. The third kappa shape index (κ3) is 5.04. The first kappa shape index (κ1) is 17.5. The summed E-state index contributed by atoms with van der Waals surface area (Å²) < 4.78 is 1.63. The van der Waals surface area contributed by atoms with Gasteiger partial charge in [-0.25, -0.2) is 4.68 Å². The highest BCUT2D eigenvalue weighted by atomic mass is 35.5. The number of hydrogen-bond donors (Lipinski definition) is 2. The number of hydrogen-bond acceptors (Lipinski definition) is 3. The van der Waals surface area contributed by atoms with Crippen LogP contribution in [0.15, 0.2) is 36.5 Å². The number of carbonyl (C=O) groups is 1. The van der Waals surface area contributed by atoms with Crippen LogP contribution in [0.1, 0.15) is 19.8 Å². The van der Waals surface area contributed by atoms with Crippen molar-refractivity contribution in [1.82, 2.24) is 9.78 Å². The van der Waals surface area contributed by atoms with Crippen molar-refractivity contribution in [2.24, 2.45) is 5.73 Å². The fourth-order valence-corrected chi connectivity index (χ4v) is 1.96. The van der Waals surface area contributed by atoms with Crippen LogP contribution >= 0.6 is 24.0 Å². The van der Waals surface area contributed by atoms with E-state index in [0.717, 1.165) is 5.69 Å². The van der Waals surface area contributed by atoms with Gasteiger partial charge >= 0.3 is 0 Å². The summed E-state index contributed by atoms with van der Waals surface area (Å²) in [6.07, 6.45) is 2.66. The number of carbonyl (C=O) groups excluding carboxylic acids is 1. The molecule has 1 aromatic heterocycles. The Hall–Kier alpha value is -1.56. The van der Waals surface area contributed by atoms with Gasteiger partial charge in [0.05, 0.1) is 11.9 Å². The smallest absolute Gasteiger partial charge is 0.225 e. The molecule has 21 heavy (non-hydrogen) atoms. The molecule has 0 aliphatic carbocycles. The number of amides is 1.